The third kappa shape index (κ3) is 3.45. The first kappa shape index (κ1) is 23.7. The molecule has 2 aromatic rings. The van der Waals surface area contributed by atoms with Gasteiger partial charge in [-0.15, -0.1) is 0 Å². The van der Waals surface area contributed by atoms with E-state index in [-0.39, 0.29) is 12.4 Å². The Bertz CT molecular complexity index is 1140. The van der Waals surface area contributed by atoms with E-state index in [1.165, 1.54) is 12.1 Å². The molecule has 3 saturated heterocycles. The maximum atomic E-state index is 14.9. The maximum absolute atomic E-state index is 14.9. The summed E-state index contributed by atoms with van der Waals surface area (Å²) in [6, 6.07) is 10.8. The molecule has 0 bridgehead atoms. The van der Waals surface area contributed by atoms with Crippen LogP contribution in [-0.4, -0.2) is 53.1 Å². The van der Waals surface area contributed by atoms with Gasteiger partial charge in [-0.2, -0.15) is 13.2 Å². The minimum atomic E-state index is -4.85. The zero-order valence-electron chi connectivity index (χ0n) is 19.1. The van der Waals surface area contributed by atoms with Crippen LogP contribution in [0.3, 0.4) is 0 Å². The number of nitrogens with one attached hydrogen (secondary N) is 1. The molecule has 3 aliphatic rings. The Balaban J connectivity index is 1.62. The highest BCUT2D eigenvalue weighted by Gasteiger charge is 2.78. The van der Waals surface area contributed by atoms with Crippen molar-refractivity contribution < 1.29 is 27.1 Å². The Morgan fingerprint density at radius 2 is 1.83 bits per heavy atom. The fourth-order valence-electron chi connectivity index (χ4n) is 6.43. The van der Waals surface area contributed by atoms with Crippen LogP contribution < -0.4 is 5.73 Å². The van der Waals surface area contributed by atoms with Gasteiger partial charge in [0.1, 0.15) is 11.7 Å². The molecule has 3 N–H and O–H groups in total. The van der Waals surface area contributed by atoms with Crippen molar-refractivity contribution in [1.29, 1.82) is 5.41 Å². The molecule has 2 aromatic carbocycles. The quantitative estimate of drug-likeness (QED) is 0.380. The van der Waals surface area contributed by atoms with Crippen molar-refractivity contribution >= 4 is 11.7 Å². The van der Waals surface area contributed by atoms with Gasteiger partial charge in [-0.1, -0.05) is 36.4 Å². The Kier molecular flexibility index (Phi) is 5.63. The van der Waals surface area contributed by atoms with Crippen molar-refractivity contribution in [3.63, 3.8) is 0 Å². The van der Waals surface area contributed by atoms with Crippen molar-refractivity contribution in [3.8, 4) is 0 Å². The van der Waals surface area contributed by atoms with Crippen molar-refractivity contribution in [2.24, 2.45) is 17.6 Å². The first-order valence-electron chi connectivity index (χ1n) is 11.5. The molecule has 0 aliphatic carbocycles. The lowest BCUT2D eigenvalue weighted by atomic mass is 9.79. The van der Waals surface area contributed by atoms with Crippen LogP contribution in [-0.2, 0) is 16.1 Å². The van der Waals surface area contributed by atoms with E-state index in [2.05, 4.69) is 0 Å². The molecule has 10 heteroatoms. The minimum absolute atomic E-state index is 0.113. The summed E-state index contributed by atoms with van der Waals surface area (Å²) >= 11 is 0. The Morgan fingerprint density at radius 3 is 2.40 bits per heavy atom. The molecule has 0 saturated carbocycles. The third-order valence-electron chi connectivity index (χ3n) is 7.78. The summed E-state index contributed by atoms with van der Waals surface area (Å²) in [4.78, 5) is 16.7. The van der Waals surface area contributed by atoms with Crippen LogP contribution in [0, 0.1) is 23.1 Å². The van der Waals surface area contributed by atoms with E-state index in [0.717, 1.165) is 30.6 Å². The van der Waals surface area contributed by atoms with Gasteiger partial charge in [-0.3, -0.25) is 15.1 Å². The number of hydrogen-bond donors (Lipinski definition) is 2. The van der Waals surface area contributed by atoms with Crippen molar-refractivity contribution in [2.45, 2.75) is 43.4 Å². The lowest BCUT2D eigenvalue weighted by molar-refractivity contribution is -0.331. The topological polar surface area (TPSA) is 82.6 Å². The average molecular weight is 491 g/mol. The number of carbonyl (C=O) groups is 1. The predicted octanol–water partition coefficient (Wildman–Crippen LogP) is 3.81. The molecule has 0 aromatic heterocycles. The number of benzene rings is 2. The van der Waals surface area contributed by atoms with E-state index in [4.69, 9.17) is 15.9 Å². The zero-order chi connectivity index (χ0) is 25.1. The van der Waals surface area contributed by atoms with Gasteiger partial charge >= 0.3 is 6.18 Å². The molecule has 0 spiro atoms. The lowest BCUT2D eigenvalue weighted by Gasteiger charge is -2.43. The number of methoxy groups -OCH3 is 1. The molecular weight excluding hydrogens is 464 g/mol. The average Bonchev–Trinajstić information content (AvgIpc) is 3.46. The number of amidine groups is 1. The number of likely N-dealkylation sites (tertiary alicyclic amines) is 1. The highest BCUT2D eigenvalue weighted by atomic mass is 19.4. The minimum Gasteiger partial charge on any atom is -0.384 e. The lowest BCUT2D eigenvalue weighted by Crippen LogP contribution is -2.63. The van der Waals surface area contributed by atoms with Crippen molar-refractivity contribution in [2.75, 3.05) is 13.7 Å². The van der Waals surface area contributed by atoms with Crippen LogP contribution in [0.2, 0.25) is 0 Å². The van der Waals surface area contributed by atoms with E-state index < -0.39 is 47.5 Å². The molecule has 5 rings (SSSR count). The molecule has 3 heterocycles. The predicted molar refractivity (Wildman–Crippen MR) is 120 cm³/mol. The van der Waals surface area contributed by atoms with Crippen molar-refractivity contribution in [1.82, 2.24) is 9.80 Å². The first-order chi connectivity index (χ1) is 16.6. The van der Waals surface area contributed by atoms with E-state index in [1.807, 2.05) is 4.90 Å². The molecule has 0 radical (unpaired) electrons. The number of halogens is 4. The van der Waals surface area contributed by atoms with Gasteiger partial charge in [0.15, 0.2) is 0 Å². The molecule has 0 unspecified atom stereocenters. The van der Waals surface area contributed by atoms with E-state index in [1.54, 1.807) is 24.3 Å². The van der Waals surface area contributed by atoms with Crippen LogP contribution in [0.15, 0.2) is 48.5 Å². The summed E-state index contributed by atoms with van der Waals surface area (Å²) < 4.78 is 63.6. The number of fused-ring (bicyclic) bond motifs is 3. The molecular formula is C25H26F4N4O2. The fraction of sp³-hybridized carbons (Fsp3) is 0.440. The second kappa shape index (κ2) is 8.30. The number of amides is 1. The number of nitrogens with two attached hydrogens (primary N) is 1. The number of nitrogens with zero attached hydrogens (tertiary/aromatic N) is 2. The van der Waals surface area contributed by atoms with Gasteiger partial charge in [0.05, 0.1) is 5.92 Å². The molecule has 6 nitrogen and oxygen atoms in total. The highest BCUT2D eigenvalue weighted by molar-refractivity contribution is 5.95. The van der Waals surface area contributed by atoms with E-state index >= 15 is 0 Å². The van der Waals surface area contributed by atoms with Gasteiger partial charge in [0.2, 0.25) is 11.6 Å². The number of alkyl halides is 3. The van der Waals surface area contributed by atoms with Crippen LogP contribution in [0.4, 0.5) is 17.6 Å². The Labute approximate surface area is 200 Å². The zero-order valence-corrected chi connectivity index (χ0v) is 19.1. The number of carbonyl (C=O) groups excluding carboxylic acids is 1. The summed E-state index contributed by atoms with van der Waals surface area (Å²) in [5, 5.41) is 7.62. The van der Waals surface area contributed by atoms with Gasteiger partial charge in [0.25, 0.3) is 0 Å². The molecule has 186 valence electrons. The van der Waals surface area contributed by atoms with E-state index in [9.17, 15) is 22.4 Å². The van der Waals surface area contributed by atoms with Crippen molar-refractivity contribution in [3.05, 3.63) is 71.0 Å². The summed E-state index contributed by atoms with van der Waals surface area (Å²) in [7, 11) is 1.01. The molecule has 3 fully saturated rings. The number of hydrogen-bond acceptors (Lipinski definition) is 4. The molecule has 35 heavy (non-hydrogen) atoms. The monoisotopic (exact) mass is 490 g/mol. The summed E-state index contributed by atoms with van der Waals surface area (Å²) in [6.45, 7) is 0.238. The Morgan fingerprint density at radius 1 is 1.17 bits per heavy atom. The summed E-state index contributed by atoms with van der Waals surface area (Å²) in [5.74, 6) is -3.35. The number of ether oxygens (including phenoxy) is 1. The molecule has 1 amide bonds. The Hall–Kier alpha value is -2.98. The smallest absolute Gasteiger partial charge is 0.384 e. The third-order valence-corrected chi connectivity index (χ3v) is 7.78. The van der Waals surface area contributed by atoms with Crippen LogP contribution >= 0.6 is 0 Å². The number of nitrogen functional groups attached to an aromatic ring is 1. The second-order valence-corrected chi connectivity index (χ2v) is 9.43. The standard InChI is InChI=1S/C25H26F4N4O2/c1-35-24(25(27,28)29)20-18-3-2-12-32(18)21(15-6-8-16(9-7-15)22(30)31)19(20)23(34)33(24)13-14-4-10-17(26)11-5-14/h4-11,18-21H,2-3,12-13H2,1H3,(H3,30,31)/t18-,19-,20-,21-,24+/m0/s1. The van der Waals surface area contributed by atoms with Crippen LogP contribution in [0.5, 0.6) is 0 Å². The normalized spacial score (nSPS) is 30.5. The largest absolute Gasteiger partial charge is 0.437 e. The first-order valence-corrected chi connectivity index (χ1v) is 11.5. The van der Waals surface area contributed by atoms with Crippen LogP contribution in [0.25, 0.3) is 0 Å². The SMILES string of the molecule is CO[C@@]1(C(F)(F)F)[C@@H]2[C@H](C(=O)N1Cc1ccc(F)cc1)[C@H](c1ccc(C(=N)N)cc1)N1CCC[C@@H]21. The number of rotatable bonds is 5. The van der Waals surface area contributed by atoms with Crippen LogP contribution in [0.1, 0.15) is 35.6 Å². The highest BCUT2D eigenvalue weighted by Crippen LogP contribution is 2.62. The van der Waals surface area contributed by atoms with Gasteiger partial charge < -0.3 is 15.4 Å². The van der Waals surface area contributed by atoms with Gasteiger partial charge in [-0.05, 0) is 42.6 Å². The molecule has 3 aliphatic heterocycles. The summed E-state index contributed by atoms with van der Waals surface area (Å²) in [6.07, 6.45) is -3.60. The van der Waals surface area contributed by atoms with Gasteiger partial charge in [0, 0.05) is 37.2 Å². The van der Waals surface area contributed by atoms with E-state index in [0.29, 0.717) is 29.7 Å². The maximum Gasteiger partial charge on any atom is 0.437 e. The second-order valence-electron chi connectivity index (χ2n) is 9.43. The summed E-state index contributed by atoms with van der Waals surface area (Å²) in [5.41, 5.74) is 4.35. The molecule has 5 atom stereocenters. The van der Waals surface area contributed by atoms with Gasteiger partial charge in [-0.25, -0.2) is 4.39 Å². The fourth-order valence-corrected chi connectivity index (χ4v) is 6.43.